The van der Waals surface area contributed by atoms with Gasteiger partial charge in [-0.1, -0.05) is 65.7 Å². The molecule has 6 aromatic rings. The van der Waals surface area contributed by atoms with Gasteiger partial charge in [0.15, 0.2) is 5.82 Å². The first-order chi connectivity index (χ1) is 22.5. The number of carbonyl (C=O) groups is 1. The summed E-state index contributed by atoms with van der Waals surface area (Å²) in [4.78, 5) is 29.5. The lowest BCUT2D eigenvalue weighted by atomic mass is 9.88. The van der Waals surface area contributed by atoms with E-state index < -0.39 is 0 Å². The van der Waals surface area contributed by atoms with Crippen molar-refractivity contribution in [1.29, 1.82) is 5.26 Å². The van der Waals surface area contributed by atoms with Crippen molar-refractivity contribution in [2.24, 2.45) is 5.92 Å². The topological polar surface area (TPSA) is 103 Å². The Hall–Kier alpha value is -5.10. The van der Waals surface area contributed by atoms with E-state index in [4.69, 9.17) is 28.2 Å². The van der Waals surface area contributed by atoms with E-state index >= 15 is 0 Å². The molecule has 0 bridgehead atoms. The monoisotopic (exact) mass is 643 g/mol. The van der Waals surface area contributed by atoms with Crippen molar-refractivity contribution >= 4 is 51.5 Å². The van der Waals surface area contributed by atoms with Crippen molar-refractivity contribution in [3.63, 3.8) is 0 Å². The number of hydrogen-bond acceptors (Lipinski definition) is 5. The Kier molecular flexibility index (Phi) is 7.01. The standard InChI is InChI=1S/C36H27Cl2N7O/c37-24-10-8-23(9-11-24)33-26-17-25(38)18-28-29(26)30(34-31(41-20-45(33)34)22-5-2-1-3-6-22)32(42-28)36(46)43-27-7-4-14-40-35(27)44-15-12-21(19-39)13-16-44/h1-11,14,17-18,20-21,33,42H,12-13,15-16H2,(H,43,46). The molecule has 8 nitrogen and oxygen atoms in total. The number of aromatic amines is 1. The van der Waals surface area contributed by atoms with E-state index in [1.165, 1.54) is 0 Å². The van der Waals surface area contributed by atoms with Gasteiger partial charge in [-0.3, -0.25) is 4.79 Å². The molecule has 0 spiro atoms. The van der Waals surface area contributed by atoms with Crippen LogP contribution in [0.15, 0.2) is 91.4 Å². The highest BCUT2D eigenvalue weighted by Crippen LogP contribution is 2.50. The molecule has 1 atom stereocenters. The summed E-state index contributed by atoms with van der Waals surface area (Å²) in [5, 5.41) is 14.7. The van der Waals surface area contributed by atoms with E-state index in [2.05, 4.69) is 30.8 Å². The Morgan fingerprint density at radius 2 is 1.74 bits per heavy atom. The first-order valence-electron chi connectivity index (χ1n) is 15.1. The summed E-state index contributed by atoms with van der Waals surface area (Å²) in [6.45, 7) is 1.40. The van der Waals surface area contributed by atoms with Crippen molar-refractivity contribution in [2.45, 2.75) is 18.9 Å². The van der Waals surface area contributed by atoms with Crippen LogP contribution in [0.25, 0.3) is 33.4 Å². The second-order valence-corrected chi connectivity index (χ2v) is 12.6. The Morgan fingerprint density at radius 1 is 0.957 bits per heavy atom. The minimum absolute atomic E-state index is 0.0406. The zero-order valence-corrected chi connectivity index (χ0v) is 26.1. The number of nitrogens with zero attached hydrogens (tertiary/aromatic N) is 5. The van der Waals surface area contributed by atoms with Gasteiger partial charge in [-0.05, 0) is 60.4 Å². The molecule has 1 amide bonds. The van der Waals surface area contributed by atoms with Crippen LogP contribution < -0.4 is 10.2 Å². The molecule has 3 aromatic carbocycles. The molecule has 8 rings (SSSR count). The Balaban J connectivity index is 1.29. The molecule has 1 fully saturated rings. The van der Waals surface area contributed by atoms with E-state index in [0.717, 1.165) is 57.4 Å². The number of aromatic nitrogens is 4. The van der Waals surface area contributed by atoms with Crippen LogP contribution in [0.4, 0.5) is 11.5 Å². The predicted octanol–water partition coefficient (Wildman–Crippen LogP) is 8.34. The molecule has 0 saturated carbocycles. The van der Waals surface area contributed by atoms with Crippen molar-refractivity contribution in [1.82, 2.24) is 19.5 Å². The third kappa shape index (κ3) is 4.71. The molecule has 5 heterocycles. The lowest BCUT2D eigenvalue weighted by Gasteiger charge is -2.31. The molecule has 2 N–H and O–H groups in total. The molecule has 46 heavy (non-hydrogen) atoms. The zero-order chi connectivity index (χ0) is 31.4. The highest BCUT2D eigenvalue weighted by Gasteiger charge is 2.36. The van der Waals surface area contributed by atoms with Crippen molar-refractivity contribution in [3.8, 4) is 28.6 Å². The fourth-order valence-corrected chi connectivity index (χ4v) is 7.20. The molecule has 10 heteroatoms. The number of amides is 1. The quantitative estimate of drug-likeness (QED) is 0.196. The van der Waals surface area contributed by atoms with Crippen molar-refractivity contribution in [3.05, 3.63) is 118 Å². The van der Waals surface area contributed by atoms with Gasteiger partial charge in [-0.15, -0.1) is 0 Å². The summed E-state index contributed by atoms with van der Waals surface area (Å²) in [5.41, 5.74) is 7.08. The van der Waals surface area contributed by atoms with Gasteiger partial charge in [0.2, 0.25) is 0 Å². The van der Waals surface area contributed by atoms with Crippen LogP contribution >= 0.6 is 23.2 Å². The van der Waals surface area contributed by atoms with E-state index in [1.54, 1.807) is 6.20 Å². The number of halogens is 2. The number of anilines is 2. The van der Waals surface area contributed by atoms with Crippen molar-refractivity contribution in [2.75, 3.05) is 23.3 Å². The number of rotatable bonds is 5. The maximum absolute atomic E-state index is 14.4. The first-order valence-corrected chi connectivity index (χ1v) is 15.9. The second-order valence-electron chi connectivity index (χ2n) is 11.7. The van der Waals surface area contributed by atoms with Gasteiger partial charge >= 0.3 is 0 Å². The summed E-state index contributed by atoms with van der Waals surface area (Å²) in [6, 6.07) is 27.4. The van der Waals surface area contributed by atoms with Gasteiger partial charge in [-0.2, -0.15) is 5.26 Å². The number of carbonyl (C=O) groups excluding carboxylic acids is 1. The number of nitrogens with one attached hydrogen (secondary N) is 2. The lowest BCUT2D eigenvalue weighted by molar-refractivity contribution is 0.102. The van der Waals surface area contributed by atoms with E-state index in [0.29, 0.717) is 40.3 Å². The molecule has 1 saturated heterocycles. The lowest BCUT2D eigenvalue weighted by Crippen LogP contribution is -2.34. The summed E-state index contributed by atoms with van der Waals surface area (Å²) in [5.74, 6) is 0.434. The van der Waals surface area contributed by atoms with Gasteiger partial charge in [-0.25, -0.2) is 9.97 Å². The Morgan fingerprint density at radius 3 is 2.50 bits per heavy atom. The van der Waals surface area contributed by atoms with Crippen LogP contribution in [-0.2, 0) is 0 Å². The van der Waals surface area contributed by atoms with Crippen LogP contribution in [0.5, 0.6) is 0 Å². The molecule has 2 aliphatic heterocycles. The SMILES string of the molecule is N#CC1CCN(c2ncccc2NC(=O)c2[nH]c3cc(Cl)cc4c3c2-c2c(-c3ccccc3)ncn2C4c2ccc(Cl)cc2)CC1. The van der Waals surface area contributed by atoms with Crippen LogP contribution in [0, 0.1) is 17.2 Å². The Bertz CT molecular complexity index is 2160. The van der Waals surface area contributed by atoms with Gasteiger partial charge < -0.3 is 19.8 Å². The maximum atomic E-state index is 14.4. The van der Waals surface area contributed by atoms with Gasteiger partial charge in [0, 0.05) is 57.3 Å². The molecule has 2 aliphatic rings. The number of piperidine rings is 1. The third-order valence-electron chi connectivity index (χ3n) is 8.97. The fourth-order valence-electron chi connectivity index (χ4n) is 6.85. The normalized spacial score (nSPS) is 15.8. The molecule has 3 aromatic heterocycles. The van der Waals surface area contributed by atoms with Crippen LogP contribution in [0.1, 0.15) is 40.5 Å². The number of hydrogen-bond donors (Lipinski definition) is 2. The maximum Gasteiger partial charge on any atom is 0.272 e. The van der Waals surface area contributed by atoms with E-state index in [1.807, 2.05) is 85.2 Å². The van der Waals surface area contributed by atoms with Crippen molar-refractivity contribution < 1.29 is 4.79 Å². The molecular weight excluding hydrogens is 617 g/mol. The molecule has 226 valence electrons. The smallest absolute Gasteiger partial charge is 0.272 e. The van der Waals surface area contributed by atoms with E-state index in [-0.39, 0.29) is 17.9 Å². The Labute approximate surface area is 275 Å². The average Bonchev–Trinajstić information content (AvgIpc) is 3.69. The van der Waals surface area contributed by atoms with Gasteiger partial charge in [0.1, 0.15) is 5.69 Å². The fraction of sp³-hybridized carbons (Fsp3) is 0.167. The molecule has 0 radical (unpaired) electrons. The molecular formula is C36H27Cl2N7O. The number of fused-ring (bicyclic) bond motifs is 2. The van der Waals surface area contributed by atoms with Crippen LogP contribution in [0.3, 0.4) is 0 Å². The number of pyridine rings is 1. The average molecular weight is 645 g/mol. The number of imidazole rings is 1. The van der Waals surface area contributed by atoms with Crippen LogP contribution in [0.2, 0.25) is 10.0 Å². The first kappa shape index (κ1) is 28.4. The third-order valence-corrected chi connectivity index (χ3v) is 9.44. The van der Waals surface area contributed by atoms with Crippen LogP contribution in [-0.4, -0.2) is 38.5 Å². The summed E-state index contributed by atoms with van der Waals surface area (Å²) in [6.07, 6.45) is 5.09. The second kappa shape index (κ2) is 11.4. The predicted molar refractivity (Wildman–Crippen MR) is 181 cm³/mol. The number of benzene rings is 3. The summed E-state index contributed by atoms with van der Waals surface area (Å²) < 4.78 is 2.12. The number of H-pyrrole nitrogens is 1. The van der Waals surface area contributed by atoms with Gasteiger partial charge in [0.05, 0.1) is 35.5 Å². The number of nitriles is 1. The minimum Gasteiger partial charge on any atom is -0.355 e. The summed E-state index contributed by atoms with van der Waals surface area (Å²) in [7, 11) is 0. The largest absolute Gasteiger partial charge is 0.355 e. The van der Waals surface area contributed by atoms with Gasteiger partial charge in [0.25, 0.3) is 5.91 Å². The highest BCUT2D eigenvalue weighted by atomic mass is 35.5. The van der Waals surface area contributed by atoms with E-state index in [9.17, 15) is 10.1 Å². The molecule has 0 aliphatic carbocycles. The highest BCUT2D eigenvalue weighted by molar-refractivity contribution is 6.32. The minimum atomic E-state index is -0.300. The molecule has 1 unspecified atom stereocenters. The summed E-state index contributed by atoms with van der Waals surface area (Å²) >= 11 is 13.0. The zero-order valence-electron chi connectivity index (χ0n) is 24.5.